The van der Waals surface area contributed by atoms with Crippen molar-refractivity contribution < 1.29 is 0 Å². The smallest absolute Gasteiger partial charge is 0.245 e. The van der Waals surface area contributed by atoms with Gasteiger partial charge in [0.15, 0.2) is 0 Å². The van der Waals surface area contributed by atoms with E-state index in [-0.39, 0.29) is 0 Å². The molecule has 0 unspecified atom stereocenters. The fraction of sp³-hybridized carbons (Fsp3) is 0.812. The van der Waals surface area contributed by atoms with Crippen molar-refractivity contribution >= 4 is 5.95 Å². The van der Waals surface area contributed by atoms with E-state index < -0.39 is 0 Å². The SMILES string of the molecule is CCc1nnc(N(CC2CCNCC2)C2CC2)nc1CC. The Morgan fingerprint density at radius 1 is 1.00 bits per heavy atom. The van der Waals surface area contributed by atoms with Gasteiger partial charge in [-0.15, -0.1) is 5.10 Å². The Hall–Kier alpha value is -1.23. The highest BCUT2D eigenvalue weighted by atomic mass is 15.3. The van der Waals surface area contributed by atoms with Crippen molar-refractivity contribution in [2.75, 3.05) is 24.5 Å². The normalized spacial score (nSPS) is 19.7. The van der Waals surface area contributed by atoms with Crippen molar-refractivity contribution in [2.45, 2.75) is 58.4 Å². The number of nitrogens with zero attached hydrogens (tertiary/aromatic N) is 4. The van der Waals surface area contributed by atoms with Crippen LogP contribution < -0.4 is 10.2 Å². The lowest BCUT2D eigenvalue weighted by Gasteiger charge is -2.30. The van der Waals surface area contributed by atoms with Crippen LogP contribution in [0.5, 0.6) is 0 Å². The van der Waals surface area contributed by atoms with Crippen molar-refractivity contribution in [1.29, 1.82) is 0 Å². The Morgan fingerprint density at radius 3 is 2.33 bits per heavy atom. The molecule has 5 heteroatoms. The fourth-order valence-electron chi connectivity index (χ4n) is 3.17. The summed E-state index contributed by atoms with van der Waals surface area (Å²) in [5, 5.41) is 12.3. The van der Waals surface area contributed by atoms with E-state index in [1.54, 1.807) is 0 Å². The number of anilines is 1. The lowest BCUT2D eigenvalue weighted by atomic mass is 9.97. The molecule has 0 aromatic carbocycles. The maximum absolute atomic E-state index is 4.83. The fourth-order valence-corrected chi connectivity index (χ4v) is 3.17. The Balaban J connectivity index is 1.76. The zero-order chi connectivity index (χ0) is 14.7. The first-order valence-electron chi connectivity index (χ1n) is 8.51. The second-order valence-corrected chi connectivity index (χ2v) is 6.29. The molecular weight excluding hydrogens is 262 g/mol. The molecule has 0 atom stereocenters. The Labute approximate surface area is 127 Å². The molecule has 1 aromatic rings. The van der Waals surface area contributed by atoms with Crippen molar-refractivity contribution in [3.8, 4) is 0 Å². The highest BCUT2D eigenvalue weighted by molar-refractivity contribution is 5.34. The van der Waals surface area contributed by atoms with Crippen molar-refractivity contribution in [2.24, 2.45) is 5.92 Å². The molecule has 116 valence electrons. The summed E-state index contributed by atoms with van der Waals surface area (Å²) < 4.78 is 0. The summed E-state index contributed by atoms with van der Waals surface area (Å²) in [5.74, 6) is 1.64. The lowest BCUT2D eigenvalue weighted by Crippen LogP contribution is -2.38. The first kappa shape index (κ1) is 14.7. The highest BCUT2D eigenvalue weighted by Gasteiger charge is 2.33. The van der Waals surface area contributed by atoms with E-state index >= 15 is 0 Å². The Morgan fingerprint density at radius 2 is 1.71 bits per heavy atom. The summed E-state index contributed by atoms with van der Waals surface area (Å²) in [6.45, 7) is 7.68. The highest BCUT2D eigenvalue weighted by Crippen LogP contribution is 2.31. The van der Waals surface area contributed by atoms with Crippen LogP contribution in [0.25, 0.3) is 0 Å². The van der Waals surface area contributed by atoms with Crippen LogP contribution in [-0.4, -0.2) is 40.9 Å². The summed E-state index contributed by atoms with van der Waals surface area (Å²) in [4.78, 5) is 7.26. The van der Waals surface area contributed by atoms with Gasteiger partial charge in [-0.25, -0.2) is 4.98 Å². The van der Waals surface area contributed by atoms with Crippen LogP contribution in [-0.2, 0) is 12.8 Å². The molecular formula is C16H27N5. The van der Waals surface area contributed by atoms with Gasteiger partial charge in [0.1, 0.15) is 0 Å². The quantitative estimate of drug-likeness (QED) is 0.867. The van der Waals surface area contributed by atoms with Gasteiger partial charge in [-0.2, -0.15) is 5.10 Å². The number of aromatic nitrogens is 3. The topological polar surface area (TPSA) is 53.9 Å². The van der Waals surface area contributed by atoms with Crippen molar-refractivity contribution in [3.63, 3.8) is 0 Å². The third kappa shape index (κ3) is 3.51. The third-order valence-corrected chi connectivity index (χ3v) is 4.66. The van der Waals surface area contributed by atoms with Gasteiger partial charge in [-0.3, -0.25) is 0 Å². The van der Waals surface area contributed by atoms with E-state index in [4.69, 9.17) is 4.98 Å². The van der Waals surface area contributed by atoms with E-state index in [9.17, 15) is 0 Å². The van der Waals surface area contributed by atoms with E-state index in [0.717, 1.165) is 55.7 Å². The average molecular weight is 289 g/mol. The van der Waals surface area contributed by atoms with E-state index in [2.05, 4.69) is 34.3 Å². The second-order valence-electron chi connectivity index (χ2n) is 6.29. The summed E-state index contributed by atoms with van der Waals surface area (Å²) in [6.07, 6.45) is 6.96. The summed E-state index contributed by atoms with van der Waals surface area (Å²) in [6, 6.07) is 0.652. The van der Waals surface area contributed by atoms with Crippen LogP contribution in [0.15, 0.2) is 0 Å². The molecule has 1 saturated carbocycles. The van der Waals surface area contributed by atoms with Crippen LogP contribution in [0.2, 0.25) is 0 Å². The molecule has 1 N–H and O–H groups in total. The second kappa shape index (κ2) is 6.69. The molecule has 1 saturated heterocycles. The van der Waals surface area contributed by atoms with E-state index in [1.165, 1.54) is 25.7 Å². The first-order valence-corrected chi connectivity index (χ1v) is 8.51. The summed E-state index contributed by atoms with van der Waals surface area (Å²) in [5.41, 5.74) is 2.18. The van der Waals surface area contributed by atoms with Crippen LogP contribution in [0.4, 0.5) is 5.95 Å². The van der Waals surface area contributed by atoms with Gasteiger partial charge in [-0.1, -0.05) is 13.8 Å². The molecule has 0 radical (unpaired) electrons. The molecule has 2 heterocycles. The van der Waals surface area contributed by atoms with Gasteiger partial charge in [0.2, 0.25) is 5.95 Å². The standard InChI is InChI=1S/C16H27N5/c1-3-14-15(4-2)19-20-16(18-14)21(13-5-6-13)11-12-7-9-17-10-8-12/h12-13,17H,3-11H2,1-2H3. The van der Waals surface area contributed by atoms with Crippen LogP contribution in [0.3, 0.4) is 0 Å². The maximum atomic E-state index is 4.83. The minimum atomic E-state index is 0.652. The van der Waals surface area contributed by atoms with Crippen LogP contribution in [0, 0.1) is 5.92 Å². The molecule has 1 aliphatic carbocycles. The predicted molar refractivity (Wildman–Crippen MR) is 84.5 cm³/mol. The minimum Gasteiger partial charge on any atom is -0.336 e. The zero-order valence-corrected chi connectivity index (χ0v) is 13.3. The van der Waals surface area contributed by atoms with Gasteiger partial charge in [0.05, 0.1) is 11.4 Å². The summed E-state index contributed by atoms with van der Waals surface area (Å²) >= 11 is 0. The van der Waals surface area contributed by atoms with E-state index in [0.29, 0.717) is 6.04 Å². The Kier molecular flexibility index (Phi) is 4.68. The van der Waals surface area contributed by atoms with Crippen molar-refractivity contribution in [3.05, 3.63) is 11.4 Å². The molecule has 0 amide bonds. The number of piperidine rings is 1. The molecule has 0 bridgehead atoms. The molecule has 1 aliphatic heterocycles. The average Bonchev–Trinajstić information content (AvgIpc) is 3.37. The van der Waals surface area contributed by atoms with Crippen molar-refractivity contribution in [1.82, 2.24) is 20.5 Å². The molecule has 5 nitrogen and oxygen atoms in total. The molecule has 3 rings (SSSR count). The zero-order valence-electron chi connectivity index (χ0n) is 13.3. The van der Waals surface area contributed by atoms with Gasteiger partial charge in [-0.05, 0) is 57.5 Å². The number of hydrogen-bond donors (Lipinski definition) is 1. The minimum absolute atomic E-state index is 0.652. The molecule has 2 aliphatic rings. The molecule has 2 fully saturated rings. The number of nitrogens with one attached hydrogen (secondary N) is 1. The number of rotatable bonds is 6. The van der Waals surface area contributed by atoms with Gasteiger partial charge in [0.25, 0.3) is 0 Å². The Bertz CT molecular complexity index is 466. The maximum Gasteiger partial charge on any atom is 0.245 e. The first-order chi connectivity index (χ1) is 10.3. The monoisotopic (exact) mass is 289 g/mol. The lowest BCUT2D eigenvalue weighted by molar-refractivity contribution is 0.370. The van der Waals surface area contributed by atoms with Crippen LogP contribution >= 0.6 is 0 Å². The number of aryl methyl sites for hydroxylation is 2. The molecule has 21 heavy (non-hydrogen) atoms. The van der Waals surface area contributed by atoms with Crippen LogP contribution in [0.1, 0.15) is 50.9 Å². The molecule has 0 spiro atoms. The van der Waals surface area contributed by atoms with Gasteiger partial charge >= 0.3 is 0 Å². The van der Waals surface area contributed by atoms with Gasteiger partial charge < -0.3 is 10.2 Å². The largest absolute Gasteiger partial charge is 0.336 e. The third-order valence-electron chi connectivity index (χ3n) is 4.66. The molecule has 1 aromatic heterocycles. The van der Waals surface area contributed by atoms with E-state index in [1.807, 2.05) is 0 Å². The predicted octanol–water partition coefficient (Wildman–Crippen LogP) is 1.96. The summed E-state index contributed by atoms with van der Waals surface area (Å²) in [7, 11) is 0. The van der Waals surface area contributed by atoms with Gasteiger partial charge in [0, 0.05) is 12.6 Å². The number of hydrogen-bond acceptors (Lipinski definition) is 5.